The summed E-state index contributed by atoms with van der Waals surface area (Å²) in [6, 6.07) is 8.13. The molecule has 1 aliphatic heterocycles. The van der Waals surface area contributed by atoms with Gasteiger partial charge in [0.2, 0.25) is 0 Å². The van der Waals surface area contributed by atoms with Crippen molar-refractivity contribution in [3.8, 4) is 0 Å². The second kappa shape index (κ2) is 6.76. The van der Waals surface area contributed by atoms with Crippen LogP contribution >= 0.6 is 0 Å². The van der Waals surface area contributed by atoms with Crippen LogP contribution in [0.5, 0.6) is 0 Å². The molecule has 1 atom stereocenters. The molecule has 1 aromatic carbocycles. The number of carbonyl (C=O) groups excluding carboxylic acids is 1. The van der Waals surface area contributed by atoms with Gasteiger partial charge in [0.15, 0.2) is 0 Å². The first kappa shape index (κ1) is 18.7. The minimum atomic E-state index is -0.0891. The number of amides is 1. The molecule has 148 valence electrons. The fraction of sp³-hybridized carbons (Fsp3) is 0.500. The summed E-state index contributed by atoms with van der Waals surface area (Å²) >= 11 is 0. The normalized spacial score (nSPS) is 18.0. The summed E-state index contributed by atoms with van der Waals surface area (Å²) in [6.45, 7) is 9.16. The van der Waals surface area contributed by atoms with Crippen molar-refractivity contribution in [3.63, 3.8) is 0 Å². The summed E-state index contributed by atoms with van der Waals surface area (Å²) in [7, 11) is 1.85. The lowest BCUT2D eigenvalue weighted by Gasteiger charge is -2.34. The number of nitrogens with zero attached hydrogens (tertiary/aromatic N) is 4. The van der Waals surface area contributed by atoms with Crippen molar-refractivity contribution in [2.45, 2.75) is 58.4 Å². The molecule has 2 aromatic heterocycles. The van der Waals surface area contributed by atoms with Gasteiger partial charge in [-0.25, -0.2) is 4.98 Å². The number of imidazole rings is 1. The van der Waals surface area contributed by atoms with E-state index < -0.39 is 0 Å². The number of hydrogen-bond donors (Lipinski definition) is 1. The Labute approximate surface area is 166 Å². The van der Waals surface area contributed by atoms with Crippen molar-refractivity contribution in [1.82, 2.24) is 24.6 Å². The van der Waals surface area contributed by atoms with E-state index in [2.05, 4.69) is 49.9 Å². The third-order valence-electron chi connectivity index (χ3n) is 5.60. The number of H-pyrrole nitrogens is 1. The van der Waals surface area contributed by atoms with Crippen molar-refractivity contribution in [2.75, 3.05) is 6.54 Å². The number of likely N-dealkylation sites (tertiary alicyclic amines) is 1. The molecular weight excluding hydrogens is 350 g/mol. The minimum absolute atomic E-state index is 0.0260. The van der Waals surface area contributed by atoms with Gasteiger partial charge in [-0.05, 0) is 49.9 Å². The van der Waals surface area contributed by atoms with E-state index in [1.165, 1.54) is 5.56 Å². The van der Waals surface area contributed by atoms with E-state index in [1.807, 2.05) is 24.1 Å². The first-order valence-electron chi connectivity index (χ1n) is 10.1. The zero-order chi connectivity index (χ0) is 20.1. The van der Waals surface area contributed by atoms with E-state index >= 15 is 0 Å². The largest absolute Gasteiger partial charge is 0.340 e. The van der Waals surface area contributed by atoms with Gasteiger partial charge in [-0.3, -0.25) is 9.48 Å². The SMILES string of the molecule is Cc1ccc2nc(C3CCCCN3C(=O)c3cc(C(C)(C)C)nn3C)[nH]c2c1. The number of nitrogens with one attached hydrogen (secondary N) is 1. The first-order chi connectivity index (χ1) is 13.2. The van der Waals surface area contributed by atoms with Crippen LogP contribution in [0.4, 0.5) is 0 Å². The van der Waals surface area contributed by atoms with Crippen molar-refractivity contribution < 1.29 is 4.79 Å². The van der Waals surface area contributed by atoms with Crippen LogP contribution in [0.1, 0.15) is 73.6 Å². The van der Waals surface area contributed by atoms with Crippen LogP contribution in [0.2, 0.25) is 0 Å². The van der Waals surface area contributed by atoms with Gasteiger partial charge in [0.1, 0.15) is 11.5 Å². The van der Waals surface area contributed by atoms with Gasteiger partial charge in [0.05, 0.1) is 22.8 Å². The Bertz CT molecular complexity index is 1020. The highest BCUT2D eigenvalue weighted by molar-refractivity contribution is 5.93. The highest BCUT2D eigenvalue weighted by atomic mass is 16.2. The predicted molar refractivity (Wildman–Crippen MR) is 110 cm³/mol. The monoisotopic (exact) mass is 379 g/mol. The molecule has 3 heterocycles. The molecule has 0 aliphatic carbocycles. The van der Waals surface area contributed by atoms with Gasteiger partial charge in [-0.2, -0.15) is 5.10 Å². The van der Waals surface area contributed by atoms with E-state index in [9.17, 15) is 4.79 Å². The summed E-state index contributed by atoms with van der Waals surface area (Å²) in [5.41, 5.74) is 4.67. The Hall–Kier alpha value is -2.63. The number of aryl methyl sites for hydroxylation is 2. The van der Waals surface area contributed by atoms with E-state index in [1.54, 1.807) is 4.68 Å². The maximum atomic E-state index is 13.4. The van der Waals surface area contributed by atoms with Crippen molar-refractivity contribution in [3.05, 3.63) is 47.0 Å². The molecule has 4 rings (SSSR count). The van der Waals surface area contributed by atoms with Crippen molar-refractivity contribution >= 4 is 16.9 Å². The van der Waals surface area contributed by atoms with Crippen LogP contribution in [-0.4, -0.2) is 37.1 Å². The zero-order valence-corrected chi connectivity index (χ0v) is 17.4. The maximum Gasteiger partial charge on any atom is 0.272 e. The Morgan fingerprint density at radius 2 is 2.00 bits per heavy atom. The number of benzene rings is 1. The molecule has 0 spiro atoms. The fourth-order valence-corrected chi connectivity index (χ4v) is 3.94. The number of aromatic nitrogens is 4. The quantitative estimate of drug-likeness (QED) is 0.723. The molecule has 0 saturated carbocycles. The Morgan fingerprint density at radius 1 is 1.21 bits per heavy atom. The standard InChI is InChI=1S/C22H29N5O/c1-14-9-10-15-16(12-14)24-20(23-15)17-8-6-7-11-27(17)21(28)18-13-19(22(2,3)4)25-26(18)5/h9-10,12-13,17H,6-8,11H2,1-5H3,(H,23,24). The smallest absolute Gasteiger partial charge is 0.272 e. The average molecular weight is 380 g/mol. The molecule has 0 bridgehead atoms. The van der Waals surface area contributed by atoms with E-state index in [4.69, 9.17) is 4.98 Å². The van der Waals surface area contributed by atoms with Gasteiger partial charge in [0.25, 0.3) is 5.91 Å². The molecule has 6 nitrogen and oxygen atoms in total. The number of hydrogen-bond acceptors (Lipinski definition) is 3. The molecule has 1 amide bonds. The van der Waals surface area contributed by atoms with E-state index in [0.717, 1.165) is 48.4 Å². The minimum Gasteiger partial charge on any atom is -0.340 e. The number of aromatic amines is 1. The summed E-state index contributed by atoms with van der Waals surface area (Å²) in [5, 5.41) is 4.59. The predicted octanol–water partition coefficient (Wildman–Crippen LogP) is 4.27. The van der Waals surface area contributed by atoms with Crippen LogP contribution in [-0.2, 0) is 12.5 Å². The molecule has 3 aromatic rings. The molecule has 6 heteroatoms. The molecule has 1 unspecified atom stereocenters. The molecule has 1 saturated heterocycles. The van der Waals surface area contributed by atoms with Crippen LogP contribution in [0.25, 0.3) is 11.0 Å². The summed E-state index contributed by atoms with van der Waals surface area (Å²) < 4.78 is 1.72. The molecular formula is C22H29N5O. The Kier molecular flexibility index (Phi) is 4.52. The molecule has 28 heavy (non-hydrogen) atoms. The number of fused-ring (bicyclic) bond motifs is 1. The van der Waals surface area contributed by atoms with Crippen LogP contribution in [0.3, 0.4) is 0 Å². The molecule has 0 radical (unpaired) electrons. The van der Waals surface area contributed by atoms with Gasteiger partial charge in [0, 0.05) is 19.0 Å². The Morgan fingerprint density at radius 3 is 2.71 bits per heavy atom. The highest BCUT2D eigenvalue weighted by Gasteiger charge is 2.33. The lowest BCUT2D eigenvalue weighted by Crippen LogP contribution is -2.39. The van der Waals surface area contributed by atoms with Gasteiger partial charge in [-0.15, -0.1) is 0 Å². The number of piperidine rings is 1. The van der Waals surface area contributed by atoms with Crippen molar-refractivity contribution in [1.29, 1.82) is 0 Å². The van der Waals surface area contributed by atoms with E-state index in [-0.39, 0.29) is 17.4 Å². The third kappa shape index (κ3) is 3.32. The highest BCUT2D eigenvalue weighted by Crippen LogP contribution is 2.32. The zero-order valence-electron chi connectivity index (χ0n) is 17.4. The average Bonchev–Trinajstić information content (AvgIpc) is 3.24. The van der Waals surface area contributed by atoms with Crippen LogP contribution in [0, 0.1) is 6.92 Å². The Balaban J connectivity index is 1.68. The summed E-state index contributed by atoms with van der Waals surface area (Å²) in [4.78, 5) is 23.7. The molecule has 1 N–H and O–H groups in total. The summed E-state index contributed by atoms with van der Waals surface area (Å²) in [6.07, 6.45) is 3.04. The number of rotatable bonds is 2. The molecule has 1 fully saturated rings. The third-order valence-corrected chi connectivity index (χ3v) is 5.60. The topological polar surface area (TPSA) is 66.8 Å². The van der Waals surface area contributed by atoms with E-state index in [0.29, 0.717) is 5.69 Å². The summed E-state index contributed by atoms with van der Waals surface area (Å²) in [5.74, 6) is 0.915. The lowest BCUT2D eigenvalue weighted by atomic mass is 9.92. The lowest BCUT2D eigenvalue weighted by molar-refractivity contribution is 0.0590. The van der Waals surface area contributed by atoms with Gasteiger partial charge >= 0.3 is 0 Å². The van der Waals surface area contributed by atoms with Gasteiger partial charge in [-0.1, -0.05) is 26.8 Å². The second-order valence-electron chi connectivity index (χ2n) is 8.94. The first-order valence-corrected chi connectivity index (χ1v) is 10.1. The second-order valence-corrected chi connectivity index (χ2v) is 8.94. The number of carbonyl (C=O) groups is 1. The van der Waals surface area contributed by atoms with Crippen LogP contribution < -0.4 is 0 Å². The van der Waals surface area contributed by atoms with Gasteiger partial charge < -0.3 is 9.88 Å². The van der Waals surface area contributed by atoms with Crippen LogP contribution in [0.15, 0.2) is 24.3 Å². The fourth-order valence-electron chi connectivity index (χ4n) is 3.94. The van der Waals surface area contributed by atoms with Crippen molar-refractivity contribution in [2.24, 2.45) is 7.05 Å². The maximum absolute atomic E-state index is 13.4. The molecule has 1 aliphatic rings.